The number of aliphatic hydroxyl groups excluding tert-OH is 1. The normalized spacial score (nSPS) is 14.8. The predicted octanol–water partition coefficient (Wildman–Crippen LogP) is 5.89. The molecule has 47 heavy (non-hydrogen) atoms. The molecular weight excluding hydrogens is 731 g/mol. The van der Waals surface area contributed by atoms with Crippen LogP contribution in [-0.4, -0.2) is 108 Å². The highest BCUT2D eigenvalue weighted by molar-refractivity contribution is 8.00. The zero-order valence-corrected chi connectivity index (χ0v) is 23.7. The molecule has 0 fully saturated rings. The molecule has 0 spiro atoms. The Morgan fingerprint density at radius 1 is 0.702 bits per heavy atom. The largest absolute Gasteiger partial charge is 0.465 e. The molecule has 0 aromatic rings. The van der Waals surface area contributed by atoms with Crippen molar-refractivity contribution in [3.63, 3.8) is 0 Å². The van der Waals surface area contributed by atoms with E-state index in [1.807, 2.05) is 0 Å². The molecule has 1 radical (unpaired) electrons. The number of halogens is 17. The van der Waals surface area contributed by atoms with E-state index in [-0.39, 0.29) is 5.57 Å². The van der Waals surface area contributed by atoms with Gasteiger partial charge in [0.2, 0.25) is 0 Å². The van der Waals surface area contributed by atoms with Crippen LogP contribution < -0.4 is 0 Å². The van der Waals surface area contributed by atoms with Crippen molar-refractivity contribution in [1.82, 2.24) is 0 Å². The van der Waals surface area contributed by atoms with Crippen LogP contribution in [0.5, 0.6) is 0 Å². The number of rotatable bonds is 19. The van der Waals surface area contributed by atoms with Crippen LogP contribution in [-0.2, 0) is 28.6 Å². The minimum absolute atomic E-state index is 0.00610. The topological polar surface area (TPSA) is 99.1 Å². The first kappa shape index (κ1) is 44.3. The summed E-state index contributed by atoms with van der Waals surface area (Å²) in [6, 6.07) is 0. The molecule has 0 aliphatic heterocycles. The molecule has 0 bridgehead atoms. The van der Waals surface area contributed by atoms with Crippen LogP contribution in [0, 0.1) is 6.42 Å². The maximum atomic E-state index is 13.8. The molecule has 0 heterocycles. The van der Waals surface area contributed by atoms with Crippen molar-refractivity contribution in [2.24, 2.45) is 0 Å². The fourth-order valence-electron chi connectivity index (χ4n) is 2.54. The van der Waals surface area contributed by atoms with Crippen LogP contribution in [0.4, 0.5) is 74.6 Å². The van der Waals surface area contributed by atoms with E-state index in [1.165, 1.54) is 6.92 Å². The van der Waals surface area contributed by atoms with Gasteiger partial charge in [0.15, 0.2) is 0 Å². The number of esters is 3. The fraction of sp³-hybridized carbons (Fsp3) is 0.727. The lowest BCUT2D eigenvalue weighted by molar-refractivity contribution is -0.461. The molecule has 0 aliphatic rings. The molecular formula is C22H20F17O7S. The Labute approximate surface area is 255 Å². The second kappa shape index (κ2) is 15.2. The van der Waals surface area contributed by atoms with E-state index in [0.717, 1.165) is 0 Å². The Balaban J connectivity index is 5.18. The summed E-state index contributed by atoms with van der Waals surface area (Å²) in [6.07, 6.45) is -11.9. The Bertz CT molecular complexity index is 1130. The second-order valence-electron chi connectivity index (χ2n) is 9.00. The number of alkyl halides is 17. The van der Waals surface area contributed by atoms with Crippen LogP contribution in [0.25, 0.3) is 0 Å². The first-order valence-corrected chi connectivity index (χ1v) is 12.9. The third kappa shape index (κ3) is 9.46. The molecule has 1 unspecified atom stereocenters. The van der Waals surface area contributed by atoms with E-state index in [9.17, 15) is 94.1 Å². The number of carbonyl (C=O) groups excluding carboxylic acids is 3. The maximum absolute atomic E-state index is 13.8. The molecule has 0 rings (SSSR count). The summed E-state index contributed by atoms with van der Waals surface area (Å²) in [5, 5.41) is 9.51. The van der Waals surface area contributed by atoms with Gasteiger partial charge in [-0.15, -0.1) is 11.8 Å². The van der Waals surface area contributed by atoms with Crippen molar-refractivity contribution in [3.8, 4) is 0 Å². The molecule has 0 amide bonds. The Morgan fingerprint density at radius 3 is 1.57 bits per heavy atom. The SMILES string of the molecule is C=C(C)C(=O)OCC(O)COC(=O)CSC[CH]C(=O)OCCC(F)(F)C(F)(F)C(F)(F)C(F)(F)C(F)(F)C(F)(F)C(F)(F)C(F)(F)F. The molecule has 275 valence electrons. The van der Waals surface area contributed by atoms with Gasteiger partial charge in [0.05, 0.1) is 25.2 Å². The summed E-state index contributed by atoms with van der Waals surface area (Å²) in [6.45, 7) is 1.16. The van der Waals surface area contributed by atoms with Crippen LogP contribution in [0.2, 0.25) is 0 Å². The van der Waals surface area contributed by atoms with Gasteiger partial charge >= 0.3 is 65.5 Å². The standard InChI is InChI=1S/C22H20F17O7S/c1-10(2)14(43)46-8-11(40)7-45-13(42)9-47-6-3-12(41)44-5-4-15(23,24)16(25,26)17(27,28)18(29,30)19(31,32)20(33,34)21(35,36)22(37,38)39/h3,11,40H,1,4-9H2,2H3. The van der Waals surface area contributed by atoms with Crippen molar-refractivity contribution in [2.45, 2.75) is 67.1 Å². The van der Waals surface area contributed by atoms with Gasteiger partial charge in [-0.25, -0.2) is 4.79 Å². The number of hydrogen-bond acceptors (Lipinski definition) is 8. The minimum atomic E-state index is -8.74. The number of aliphatic hydroxyl groups is 1. The number of carbonyl (C=O) groups is 3. The Kier molecular flexibility index (Phi) is 14.3. The molecule has 1 atom stereocenters. The van der Waals surface area contributed by atoms with Crippen LogP contribution in [0.3, 0.4) is 0 Å². The van der Waals surface area contributed by atoms with Gasteiger partial charge in [-0.1, -0.05) is 6.58 Å². The van der Waals surface area contributed by atoms with Crippen molar-refractivity contribution in [3.05, 3.63) is 18.6 Å². The summed E-state index contributed by atoms with van der Waals surface area (Å²) in [7, 11) is 0. The Morgan fingerprint density at radius 2 is 1.13 bits per heavy atom. The van der Waals surface area contributed by atoms with Gasteiger partial charge in [0.1, 0.15) is 19.3 Å². The maximum Gasteiger partial charge on any atom is 0.460 e. The fourth-order valence-corrected chi connectivity index (χ4v) is 3.16. The first-order chi connectivity index (χ1) is 20.8. The summed E-state index contributed by atoms with van der Waals surface area (Å²) in [5.41, 5.74) is -0.00610. The monoisotopic (exact) mass is 751 g/mol. The van der Waals surface area contributed by atoms with Crippen LogP contribution in [0.15, 0.2) is 12.2 Å². The third-order valence-corrected chi connectivity index (χ3v) is 6.07. The van der Waals surface area contributed by atoms with Gasteiger partial charge in [0, 0.05) is 11.3 Å². The van der Waals surface area contributed by atoms with Crippen molar-refractivity contribution < 1.29 is 108 Å². The van der Waals surface area contributed by atoms with E-state index in [4.69, 9.17) is 0 Å². The second-order valence-corrected chi connectivity index (χ2v) is 10.0. The third-order valence-electron chi connectivity index (χ3n) is 5.23. The van der Waals surface area contributed by atoms with Gasteiger partial charge in [-0.3, -0.25) is 9.59 Å². The lowest BCUT2D eigenvalue weighted by Gasteiger charge is -2.42. The highest BCUT2D eigenvalue weighted by Crippen LogP contribution is 2.64. The quantitative estimate of drug-likeness (QED) is 0.0574. The summed E-state index contributed by atoms with van der Waals surface area (Å²) >= 11 is 0.504. The van der Waals surface area contributed by atoms with E-state index >= 15 is 0 Å². The summed E-state index contributed by atoms with van der Waals surface area (Å²) < 4.78 is 238. The molecule has 7 nitrogen and oxygen atoms in total. The van der Waals surface area contributed by atoms with E-state index in [2.05, 4.69) is 20.8 Å². The lowest BCUT2D eigenvalue weighted by Crippen LogP contribution is -2.74. The molecule has 0 aromatic heterocycles. The molecule has 0 aliphatic carbocycles. The number of ether oxygens (including phenoxy) is 3. The average molecular weight is 751 g/mol. The smallest absolute Gasteiger partial charge is 0.460 e. The predicted molar refractivity (Wildman–Crippen MR) is 121 cm³/mol. The summed E-state index contributed by atoms with van der Waals surface area (Å²) in [5.74, 6) is -62.2. The number of thioether (sulfide) groups is 1. The van der Waals surface area contributed by atoms with Gasteiger partial charge in [0.25, 0.3) is 0 Å². The van der Waals surface area contributed by atoms with Crippen molar-refractivity contribution in [2.75, 3.05) is 31.3 Å². The van der Waals surface area contributed by atoms with Crippen LogP contribution >= 0.6 is 11.8 Å². The highest BCUT2D eigenvalue weighted by Gasteiger charge is 2.95. The molecule has 0 saturated heterocycles. The van der Waals surface area contributed by atoms with Crippen molar-refractivity contribution >= 4 is 29.7 Å². The zero-order valence-electron chi connectivity index (χ0n) is 22.8. The number of hydrogen-bond donors (Lipinski definition) is 1. The van der Waals surface area contributed by atoms with Gasteiger partial charge in [-0.05, 0) is 6.92 Å². The first-order valence-electron chi connectivity index (χ1n) is 11.7. The average Bonchev–Trinajstić information content (AvgIpc) is 2.91. The van der Waals surface area contributed by atoms with E-state index in [1.54, 1.807) is 0 Å². The van der Waals surface area contributed by atoms with Crippen molar-refractivity contribution in [1.29, 1.82) is 0 Å². The molecule has 0 saturated carbocycles. The molecule has 0 aromatic carbocycles. The van der Waals surface area contributed by atoms with Gasteiger partial charge < -0.3 is 19.3 Å². The van der Waals surface area contributed by atoms with Crippen LogP contribution in [0.1, 0.15) is 13.3 Å². The highest BCUT2D eigenvalue weighted by atomic mass is 32.2. The summed E-state index contributed by atoms with van der Waals surface area (Å²) in [4.78, 5) is 34.1. The minimum Gasteiger partial charge on any atom is -0.465 e. The van der Waals surface area contributed by atoms with Gasteiger partial charge in [-0.2, -0.15) is 74.6 Å². The van der Waals surface area contributed by atoms with E-state index in [0.29, 0.717) is 18.2 Å². The molecule has 25 heteroatoms. The Hall–Kier alpha value is -2.73. The molecule has 1 N–H and O–H groups in total. The lowest BCUT2D eigenvalue weighted by atomic mass is 9.88. The van der Waals surface area contributed by atoms with E-state index < -0.39 is 109 Å². The zero-order chi connectivity index (χ0) is 37.7.